The van der Waals surface area contributed by atoms with Gasteiger partial charge in [0, 0.05) is 32.2 Å². The molecule has 4 rings (SSSR count). The maximum Gasteiger partial charge on any atom is 0.232 e. The summed E-state index contributed by atoms with van der Waals surface area (Å²) in [6, 6.07) is 5.85. The van der Waals surface area contributed by atoms with Gasteiger partial charge in [-0.15, -0.1) is 0 Å². The number of piperidine rings is 1. The first kappa shape index (κ1) is 19.9. The fourth-order valence-electron chi connectivity index (χ4n) is 3.56. The van der Waals surface area contributed by atoms with Crippen LogP contribution in [0, 0.1) is 5.92 Å². The summed E-state index contributed by atoms with van der Waals surface area (Å²) in [5.41, 5.74) is 0. The summed E-state index contributed by atoms with van der Waals surface area (Å²) in [6.07, 6.45) is 4.01. The highest BCUT2D eigenvalue weighted by Crippen LogP contribution is 2.26. The molecule has 2 aliphatic heterocycles. The van der Waals surface area contributed by atoms with Crippen LogP contribution in [0.4, 0.5) is 17.6 Å². The van der Waals surface area contributed by atoms with Crippen LogP contribution in [0.1, 0.15) is 25.5 Å². The van der Waals surface area contributed by atoms with Crippen LogP contribution < -0.4 is 20.4 Å². The van der Waals surface area contributed by atoms with Gasteiger partial charge in [-0.2, -0.15) is 9.97 Å². The summed E-state index contributed by atoms with van der Waals surface area (Å²) >= 11 is 5.43. The molecule has 2 aromatic rings. The summed E-state index contributed by atoms with van der Waals surface area (Å²) in [7, 11) is 0. The second-order valence-electron chi connectivity index (χ2n) is 7.56. The second kappa shape index (κ2) is 9.41. The number of ether oxygens (including phenoxy) is 1. The average molecular weight is 417 g/mol. The van der Waals surface area contributed by atoms with E-state index in [2.05, 4.69) is 33.4 Å². The molecule has 2 fully saturated rings. The number of hydrogen-bond acceptors (Lipinski definition) is 7. The Morgan fingerprint density at radius 3 is 2.48 bits per heavy atom. The van der Waals surface area contributed by atoms with Gasteiger partial charge in [0.05, 0.1) is 26.0 Å². The molecule has 2 aliphatic rings. The number of morpholine rings is 1. The Morgan fingerprint density at radius 1 is 1.14 bits per heavy atom. The minimum atomic E-state index is 0.471. The zero-order valence-corrected chi connectivity index (χ0v) is 17.6. The lowest BCUT2D eigenvalue weighted by molar-refractivity contribution is 0.122. The number of anilines is 3. The van der Waals surface area contributed by atoms with Gasteiger partial charge in [0.1, 0.15) is 17.4 Å². The summed E-state index contributed by atoms with van der Waals surface area (Å²) in [4.78, 5) is 14.1. The van der Waals surface area contributed by atoms with Crippen molar-refractivity contribution >= 4 is 34.9 Å². The van der Waals surface area contributed by atoms with Gasteiger partial charge in [0.15, 0.2) is 5.11 Å². The monoisotopic (exact) mass is 416 g/mol. The minimum Gasteiger partial charge on any atom is -0.467 e. The first-order chi connectivity index (χ1) is 14.2. The van der Waals surface area contributed by atoms with Gasteiger partial charge in [-0.3, -0.25) is 0 Å². The predicted octanol–water partition coefficient (Wildman–Crippen LogP) is 2.63. The van der Waals surface area contributed by atoms with E-state index >= 15 is 0 Å². The third-order valence-electron chi connectivity index (χ3n) is 5.37. The van der Waals surface area contributed by atoms with Crippen molar-refractivity contribution in [2.45, 2.75) is 26.3 Å². The van der Waals surface area contributed by atoms with Gasteiger partial charge in [0.2, 0.25) is 5.95 Å². The molecule has 0 unspecified atom stereocenters. The van der Waals surface area contributed by atoms with E-state index in [1.807, 2.05) is 12.1 Å². The summed E-state index contributed by atoms with van der Waals surface area (Å²) < 4.78 is 10.8. The van der Waals surface area contributed by atoms with Crippen molar-refractivity contribution in [1.29, 1.82) is 0 Å². The van der Waals surface area contributed by atoms with E-state index in [9.17, 15) is 0 Å². The third-order valence-corrected chi connectivity index (χ3v) is 5.62. The summed E-state index contributed by atoms with van der Waals surface area (Å²) in [6.45, 7) is 7.94. The molecule has 2 aromatic heterocycles. The summed E-state index contributed by atoms with van der Waals surface area (Å²) in [5.74, 6) is 3.96. The van der Waals surface area contributed by atoms with Crippen LogP contribution in [-0.2, 0) is 11.3 Å². The molecular weight excluding hydrogens is 388 g/mol. The number of nitrogens with one attached hydrogen (secondary N) is 2. The normalized spacial score (nSPS) is 18.0. The predicted molar refractivity (Wildman–Crippen MR) is 117 cm³/mol. The number of aromatic nitrogens is 2. The largest absolute Gasteiger partial charge is 0.467 e. The molecule has 2 saturated heterocycles. The van der Waals surface area contributed by atoms with Gasteiger partial charge >= 0.3 is 0 Å². The number of rotatable bonds is 5. The van der Waals surface area contributed by atoms with Gasteiger partial charge in [-0.25, -0.2) is 0 Å². The number of thiocarbonyl (C=S) groups is 1. The van der Waals surface area contributed by atoms with Crippen LogP contribution in [0.25, 0.3) is 0 Å². The lowest BCUT2D eigenvalue weighted by Crippen LogP contribution is -2.38. The van der Waals surface area contributed by atoms with Crippen molar-refractivity contribution in [3.05, 3.63) is 30.2 Å². The van der Waals surface area contributed by atoms with E-state index in [1.54, 1.807) is 6.26 Å². The molecule has 0 saturated carbocycles. The summed E-state index contributed by atoms with van der Waals surface area (Å²) in [5, 5.41) is 6.75. The van der Waals surface area contributed by atoms with E-state index in [0.29, 0.717) is 30.8 Å². The number of hydrogen-bond donors (Lipinski definition) is 2. The fourth-order valence-corrected chi connectivity index (χ4v) is 3.72. The highest BCUT2D eigenvalue weighted by molar-refractivity contribution is 7.80. The van der Waals surface area contributed by atoms with Crippen molar-refractivity contribution < 1.29 is 9.15 Å². The van der Waals surface area contributed by atoms with E-state index in [0.717, 1.165) is 49.5 Å². The molecule has 29 heavy (non-hydrogen) atoms. The number of nitrogens with zero attached hydrogens (tertiary/aromatic N) is 4. The molecule has 0 aromatic carbocycles. The quantitative estimate of drug-likeness (QED) is 0.715. The average Bonchev–Trinajstić information content (AvgIpc) is 3.27. The van der Waals surface area contributed by atoms with Crippen LogP contribution in [0.15, 0.2) is 28.9 Å². The minimum absolute atomic E-state index is 0.471. The highest BCUT2D eigenvalue weighted by Gasteiger charge is 2.21. The molecular formula is C20H28N6O2S. The molecule has 8 nitrogen and oxygen atoms in total. The standard InChI is InChI=1S/C20H28N6O2S/c1-15-4-6-25(7-5-15)17-13-18(26-8-11-27-12-9-26)23-19(22-17)24-20(29)21-14-16-3-2-10-28-16/h2-3,10,13,15H,4-9,11-12,14H2,1H3,(H2,21,22,23,24,29). The molecule has 9 heteroatoms. The first-order valence-electron chi connectivity index (χ1n) is 10.2. The molecule has 156 valence electrons. The van der Waals surface area contributed by atoms with E-state index in [4.69, 9.17) is 31.3 Å². The van der Waals surface area contributed by atoms with E-state index in [1.165, 1.54) is 12.8 Å². The lowest BCUT2D eigenvalue weighted by Gasteiger charge is -2.33. The molecule has 0 atom stereocenters. The Kier molecular flexibility index (Phi) is 6.46. The Bertz CT molecular complexity index is 801. The van der Waals surface area contributed by atoms with Gasteiger partial charge in [0.25, 0.3) is 0 Å². The van der Waals surface area contributed by atoms with Crippen LogP contribution in [-0.4, -0.2) is 54.5 Å². The molecule has 2 N–H and O–H groups in total. The topological polar surface area (TPSA) is 78.7 Å². The molecule has 0 amide bonds. The first-order valence-corrected chi connectivity index (χ1v) is 10.6. The van der Waals surface area contributed by atoms with Crippen molar-refractivity contribution in [2.24, 2.45) is 5.92 Å². The lowest BCUT2D eigenvalue weighted by atomic mass is 9.99. The van der Waals surface area contributed by atoms with Gasteiger partial charge < -0.3 is 29.6 Å². The molecule has 0 radical (unpaired) electrons. The maximum atomic E-state index is 5.49. The molecule has 0 bridgehead atoms. The number of furan rings is 1. The Labute approximate surface area is 176 Å². The Hall–Kier alpha value is -2.39. The van der Waals surface area contributed by atoms with Crippen molar-refractivity contribution in [3.8, 4) is 0 Å². The SMILES string of the molecule is CC1CCN(c2cc(N3CCOCC3)nc(NC(=S)NCc3ccco3)n2)CC1. The van der Waals surface area contributed by atoms with Crippen LogP contribution in [0.3, 0.4) is 0 Å². The maximum absolute atomic E-state index is 5.49. The highest BCUT2D eigenvalue weighted by atomic mass is 32.1. The van der Waals surface area contributed by atoms with Crippen LogP contribution >= 0.6 is 12.2 Å². The van der Waals surface area contributed by atoms with E-state index in [-0.39, 0.29) is 0 Å². The Balaban J connectivity index is 1.49. The van der Waals surface area contributed by atoms with Crippen molar-refractivity contribution in [3.63, 3.8) is 0 Å². The third kappa shape index (κ3) is 5.36. The van der Waals surface area contributed by atoms with Crippen molar-refractivity contribution in [2.75, 3.05) is 54.5 Å². The fraction of sp³-hybridized carbons (Fsp3) is 0.550. The molecule has 0 spiro atoms. The molecule has 0 aliphatic carbocycles. The van der Waals surface area contributed by atoms with Crippen LogP contribution in [0.2, 0.25) is 0 Å². The van der Waals surface area contributed by atoms with E-state index < -0.39 is 0 Å². The Morgan fingerprint density at radius 2 is 1.83 bits per heavy atom. The smallest absolute Gasteiger partial charge is 0.232 e. The van der Waals surface area contributed by atoms with Gasteiger partial charge in [-0.05, 0) is 43.1 Å². The second-order valence-corrected chi connectivity index (χ2v) is 7.97. The van der Waals surface area contributed by atoms with Gasteiger partial charge in [-0.1, -0.05) is 6.92 Å². The van der Waals surface area contributed by atoms with Crippen LogP contribution in [0.5, 0.6) is 0 Å². The zero-order valence-electron chi connectivity index (χ0n) is 16.8. The molecule has 4 heterocycles. The van der Waals surface area contributed by atoms with Crippen molar-refractivity contribution in [1.82, 2.24) is 15.3 Å². The zero-order chi connectivity index (χ0) is 20.1.